The zero-order valence-corrected chi connectivity index (χ0v) is 17.3. The minimum absolute atomic E-state index is 0.594. The first-order valence-corrected chi connectivity index (χ1v) is 11.6. The Bertz CT molecular complexity index is 1070. The summed E-state index contributed by atoms with van der Waals surface area (Å²) in [7, 11) is -2.86. The Hall–Kier alpha value is -3.94. The molecule has 144 valence electrons. The number of benzene rings is 4. The van der Waals surface area contributed by atoms with Gasteiger partial charge in [0.25, 0.3) is 0 Å². The van der Waals surface area contributed by atoms with Gasteiger partial charge in [0, 0.05) is 0 Å². The van der Waals surface area contributed by atoms with Gasteiger partial charge in [-0.15, -0.1) is 5.16 Å². The summed E-state index contributed by atoms with van der Waals surface area (Å²) in [6, 6.07) is 40.4. The highest BCUT2D eigenvalue weighted by Crippen LogP contribution is 2.11. The van der Waals surface area contributed by atoms with Crippen molar-refractivity contribution in [3.05, 3.63) is 126 Å². The smallest absolute Gasteiger partial charge is 0.380 e. The largest absolute Gasteiger partial charge is 0.438 e. The molecule has 0 aliphatic carbocycles. The van der Waals surface area contributed by atoms with Crippen LogP contribution in [0.5, 0.6) is 0 Å². The first-order valence-electron chi connectivity index (χ1n) is 9.71. The maximum absolute atomic E-state index is 9.14. The van der Waals surface area contributed by atoms with Gasteiger partial charge >= 0.3 is 8.32 Å². The van der Waals surface area contributed by atoms with Crippen molar-refractivity contribution in [2.75, 3.05) is 0 Å². The second-order valence-electron chi connectivity index (χ2n) is 6.84. The van der Waals surface area contributed by atoms with E-state index in [1.165, 1.54) is 0 Å². The topological polar surface area (TPSA) is 45.4 Å². The molecule has 30 heavy (non-hydrogen) atoms. The molecular formula is C26H20N2OSi. The fraction of sp³-hybridized carbons (Fsp3) is 0. The first-order chi connectivity index (χ1) is 14.8. The Morgan fingerprint density at radius 3 is 1.63 bits per heavy atom. The van der Waals surface area contributed by atoms with E-state index in [1.54, 1.807) is 18.3 Å². The lowest BCUT2D eigenvalue weighted by Gasteiger charge is -2.30. The van der Waals surface area contributed by atoms with E-state index in [1.807, 2.05) is 66.7 Å². The highest BCUT2D eigenvalue weighted by atomic mass is 28.4. The molecule has 0 aliphatic heterocycles. The van der Waals surface area contributed by atoms with Crippen LogP contribution in [-0.4, -0.2) is 14.5 Å². The predicted octanol–water partition coefficient (Wildman–Crippen LogP) is 3.58. The van der Waals surface area contributed by atoms with Crippen molar-refractivity contribution < 1.29 is 4.53 Å². The van der Waals surface area contributed by atoms with Crippen LogP contribution in [0, 0.1) is 11.3 Å². The summed E-state index contributed by atoms with van der Waals surface area (Å²) in [5.74, 6) is 0. The number of hydrogen-bond acceptors (Lipinski definition) is 3. The molecule has 0 spiro atoms. The molecule has 4 rings (SSSR count). The lowest BCUT2D eigenvalue weighted by atomic mass is 10.1. The van der Waals surface area contributed by atoms with Crippen molar-refractivity contribution in [1.82, 2.24) is 0 Å². The zero-order chi connectivity index (χ0) is 20.7. The number of nitrogens with zero attached hydrogens (tertiary/aromatic N) is 2. The number of rotatable bonds is 6. The Kier molecular flexibility index (Phi) is 5.84. The maximum atomic E-state index is 9.14. The Labute approximate surface area is 177 Å². The summed E-state index contributed by atoms with van der Waals surface area (Å²) >= 11 is 0. The maximum Gasteiger partial charge on any atom is 0.380 e. The molecule has 0 aliphatic rings. The first kappa shape index (κ1) is 19.4. The molecular weight excluding hydrogens is 384 g/mol. The van der Waals surface area contributed by atoms with E-state index in [-0.39, 0.29) is 0 Å². The molecule has 0 heterocycles. The summed E-state index contributed by atoms with van der Waals surface area (Å²) in [4.78, 5) is 0. The van der Waals surface area contributed by atoms with Gasteiger partial charge in [0.1, 0.15) is 0 Å². The van der Waals surface area contributed by atoms with E-state index < -0.39 is 8.32 Å². The van der Waals surface area contributed by atoms with Crippen molar-refractivity contribution in [3.63, 3.8) is 0 Å². The minimum atomic E-state index is -2.86. The van der Waals surface area contributed by atoms with Crippen LogP contribution < -0.4 is 15.6 Å². The fourth-order valence-corrected chi connectivity index (χ4v) is 7.04. The van der Waals surface area contributed by atoms with Gasteiger partial charge in [0.05, 0.1) is 17.8 Å². The van der Waals surface area contributed by atoms with Crippen LogP contribution in [0.2, 0.25) is 0 Å². The summed E-state index contributed by atoms with van der Waals surface area (Å²) in [5.41, 5.74) is 1.42. The van der Waals surface area contributed by atoms with Gasteiger partial charge in [-0.1, -0.05) is 103 Å². The monoisotopic (exact) mass is 404 g/mol. The standard InChI is InChI=1S/C26H20N2OSi/c27-20-22-11-10-12-23(19-22)21-28-29-30(24-13-4-1-5-14-24,25-15-6-2-7-16-25)26-17-8-3-9-18-26/h1-19,21H. The Morgan fingerprint density at radius 1 is 0.667 bits per heavy atom. The van der Waals surface area contributed by atoms with Gasteiger partial charge in [-0.2, -0.15) is 5.26 Å². The molecule has 0 unspecified atom stereocenters. The van der Waals surface area contributed by atoms with Gasteiger partial charge in [-0.25, -0.2) is 0 Å². The Balaban J connectivity index is 1.84. The molecule has 0 bridgehead atoms. The van der Waals surface area contributed by atoms with Gasteiger partial charge in [-0.3, -0.25) is 0 Å². The number of oxime groups is 1. The van der Waals surface area contributed by atoms with Gasteiger partial charge in [0.15, 0.2) is 0 Å². The molecule has 0 fully saturated rings. The van der Waals surface area contributed by atoms with Crippen molar-refractivity contribution in [2.45, 2.75) is 0 Å². The quantitative estimate of drug-likeness (QED) is 0.213. The van der Waals surface area contributed by atoms with E-state index in [4.69, 9.17) is 9.79 Å². The summed E-state index contributed by atoms with van der Waals surface area (Å²) in [6.07, 6.45) is 1.68. The number of hydrogen-bond donors (Lipinski definition) is 0. The van der Waals surface area contributed by atoms with E-state index in [2.05, 4.69) is 47.6 Å². The van der Waals surface area contributed by atoms with Crippen LogP contribution >= 0.6 is 0 Å². The van der Waals surface area contributed by atoms with E-state index in [9.17, 15) is 0 Å². The third-order valence-corrected chi connectivity index (χ3v) is 8.77. The van der Waals surface area contributed by atoms with Crippen LogP contribution in [0.4, 0.5) is 0 Å². The van der Waals surface area contributed by atoms with Gasteiger partial charge < -0.3 is 4.53 Å². The highest BCUT2D eigenvalue weighted by Gasteiger charge is 2.44. The highest BCUT2D eigenvalue weighted by molar-refractivity contribution is 7.07. The molecule has 0 aromatic heterocycles. The summed E-state index contributed by atoms with van der Waals surface area (Å²) < 4.78 is 6.49. The summed E-state index contributed by atoms with van der Waals surface area (Å²) in [6.45, 7) is 0. The third-order valence-electron chi connectivity index (χ3n) is 4.95. The minimum Gasteiger partial charge on any atom is -0.438 e. The molecule has 4 aromatic rings. The van der Waals surface area contributed by atoms with Crippen molar-refractivity contribution in [2.24, 2.45) is 5.16 Å². The molecule has 3 nitrogen and oxygen atoms in total. The Morgan fingerprint density at radius 2 is 1.17 bits per heavy atom. The van der Waals surface area contributed by atoms with Gasteiger partial charge in [0.2, 0.25) is 0 Å². The molecule has 0 saturated heterocycles. The molecule has 4 heteroatoms. The normalized spacial score (nSPS) is 11.2. The van der Waals surface area contributed by atoms with Crippen LogP contribution in [0.15, 0.2) is 120 Å². The lowest BCUT2D eigenvalue weighted by Crippen LogP contribution is -2.68. The average Bonchev–Trinajstić information content (AvgIpc) is 2.84. The van der Waals surface area contributed by atoms with Crippen LogP contribution in [0.1, 0.15) is 11.1 Å². The summed E-state index contributed by atoms with van der Waals surface area (Å²) in [5, 5.41) is 16.9. The van der Waals surface area contributed by atoms with E-state index in [0.717, 1.165) is 21.1 Å². The average molecular weight is 405 g/mol. The fourth-order valence-electron chi connectivity index (χ4n) is 3.53. The zero-order valence-electron chi connectivity index (χ0n) is 16.3. The van der Waals surface area contributed by atoms with Crippen molar-refractivity contribution >= 4 is 30.1 Å². The third kappa shape index (κ3) is 3.93. The second kappa shape index (κ2) is 9.04. The predicted molar refractivity (Wildman–Crippen MR) is 124 cm³/mol. The number of nitriles is 1. The molecule has 0 N–H and O–H groups in total. The van der Waals surface area contributed by atoms with E-state index in [0.29, 0.717) is 5.56 Å². The van der Waals surface area contributed by atoms with E-state index >= 15 is 0 Å². The second-order valence-corrected chi connectivity index (χ2v) is 10.1. The SMILES string of the molecule is N#Cc1cccc(C=NO[Si](c2ccccc2)(c2ccccc2)c2ccccc2)c1. The molecule has 0 radical (unpaired) electrons. The van der Waals surface area contributed by atoms with Gasteiger partial charge in [-0.05, 0) is 33.3 Å². The van der Waals surface area contributed by atoms with Crippen molar-refractivity contribution in [3.8, 4) is 6.07 Å². The molecule has 0 saturated carbocycles. The molecule has 0 atom stereocenters. The van der Waals surface area contributed by atoms with Crippen molar-refractivity contribution in [1.29, 1.82) is 5.26 Å². The molecule has 4 aromatic carbocycles. The van der Waals surface area contributed by atoms with Crippen LogP contribution in [0.3, 0.4) is 0 Å². The molecule has 0 amide bonds. The lowest BCUT2D eigenvalue weighted by molar-refractivity contribution is 0.351. The van der Waals surface area contributed by atoms with Crippen LogP contribution in [-0.2, 0) is 4.53 Å². The van der Waals surface area contributed by atoms with Crippen LogP contribution in [0.25, 0.3) is 0 Å².